The lowest BCUT2D eigenvalue weighted by Crippen LogP contribution is -2.41. The topological polar surface area (TPSA) is 110 Å². The standard InChI is InChI=1S/C14H15N3O4.C4H10.C2H6/c1-16-11(19)6-5-8(7-18)17-13(20)9-3-2-4-10(15)12(9)14(17)21;1-3-4-2;1-2/h2-4,7-8H,5-6,15H2,1H3,(H,16,19);3-4H2,1-2H3;1-2H3. The largest absolute Gasteiger partial charge is 0.398 e. The number of nitrogens with one attached hydrogen (secondary N) is 1. The minimum Gasteiger partial charge on any atom is -0.398 e. The molecule has 0 fully saturated rings. The van der Waals surface area contributed by atoms with E-state index in [0.29, 0.717) is 6.29 Å². The molecule has 7 heteroatoms. The SMILES string of the molecule is CC.CCCC.CNC(=O)CCC(C=O)N1C(=O)c2cccc(N)c2C1=O. The second-order valence-electron chi connectivity index (χ2n) is 5.67. The molecule has 0 aromatic heterocycles. The Morgan fingerprint density at radius 2 is 1.78 bits per heavy atom. The third-order valence-electron chi connectivity index (χ3n) is 3.91. The third-order valence-corrected chi connectivity index (χ3v) is 3.91. The molecule has 7 nitrogen and oxygen atoms in total. The Balaban J connectivity index is 0.000000998. The van der Waals surface area contributed by atoms with Crippen LogP contribution in [0.15, 0.2) is 18.2 Å². The van der Waals surface area contributed by atoms with Crippen LogP contribution in [-0.4, -0.2) is 42.0 Å². The Bertz CT molecular complexity index is 657. The van der Waals surface area contributed by atoms with Crippen LogP contribution in [-0.2, 0) is 9.59 Å². The molecule has 1 aromatic carbocycles. The summed E-state index contributed by atoms with van der Waals surface area (Å²) in [6.07, 6.45) is 3.26. The number of hydrogen-bond donors (Lipinski definition) is 2. The number of imide groups is 1. The fraction of sp³-hybridized carbons (Fsp3) is 0.500. The molecule has 0 spiro atoms. The van der Waals surface area contributed by atoms with Gasteiger partial charge in [-0.3, -0.25) is 19.3 Å². The van der Waals surface area contributed by atoms with Gasteiger partial charge in [0.15, 0.2) is 0 Å². The average Bonchev–Trinajstić information content (AvgIpc) is 2.96. The predicted molar refractivity (Wildman–Crippen MR) is 106 cm³/mol. The van der Waals surface area contributed by atoms with Gasteiger partial charge < -0.3 is 15.8 Å². The highest BCUT2D eigenvalue weighted by atomic mass is 16.2. The summed E-state index contributed by atoms with van der Waals surface area (Å²) in [6, 6.07) is 3.61. The van der Waals surface area contributed by atoms with Gasteiger partial charge in [0, 0.05) is 19.2 Å². The molecule has 1 aliphatic heterocycles. The van der Waals surface area contributed by atoms with Crippen molar-refractivity contribution in [1.82, 2.24) is 10.2 Å². The summed E-state index contributed by atoms with van der Waals surface area (Å²) in [6.45, 7) is 8.36. The van der Waals surface area contributed by atoms with Gasteiger partial charge >= 0.3 is 0 Å². The minimum atomic E-state index is -0.978. The van der Waals surface area contributed by atoms with Crippen molar-refractivity contribution in [3.63, 3.8) is 0 Å². The Morgan fingerprint density at radius 3 is 2.22 bits per heavy atom. The van der Waals surface area contributed by atoms with E-state index in [1.54, 1.807) is 6.07 Å². The minimum absolute atomic E-state index is 0.0444. The first kappa shape index (κ1) is 24.3. The van der Waals surface area contributed by atoms with Crippen molar-refractivity contribution in [2.45, 2.75) is 59.4 Å². The maximum Gasteiger partial charge on any atom is 0.264 e. The van der Waals surface area contributed by atoms with E-state index in [1.165, 1.54) is 32.0 Å². The van der Waals surface area contributed by atoms with Crippen molar-refractivity contribution in [3.05, 3.63) is 29.3 Å². The number of unbranched alkanes of at least 4 members (excludes halogenated alkanes) is 1. The molecular weight excluding hydrogens is 346 g/mol. The van der Waals surface area contributed by atoms with Crippen LogP contribution in [0.4, 0.5) is 5.69 Å². The number of amides is 3. The van der Waals surface area contributed by atoms with E-state index in [4.69, 9.17) is 5.73 Å². The maximum atomic E-state index is 12.3. The zero-order valence-corrected chi connectivity index (χ0v) is 16.9. The molecule has 1 atom stereocenters. The number of fused-ring (bicyclic) bond motifs is 1. The van der Waals surface area contributed by atoms with Crippen LogP contribution in [0.1, 0.15) is 74.1 Å². The van der Waals surface area contributed by atoms with Gasteiger partial charge in [0.05, 0.1) is 17.2 Å². The van der Waals surface area contributed by atoms with Crippen molar-refractivity contribution >= 4 is 29.7 Å². The Labute approximate surface area is 161 Å². The van der Waals surface area contributed by atoms with Crippen molar-refractivity contribution in [3.8, 4) is 0 Å². The number of rotatable bonds is 6. The number of nitrogen functional groups attached to an aromatic ring is 1. The van der Waals surface area contributed by atoms with Gasteiger partial charge in [0.2, 0.25) is 5.91 Å². The molecular formula is C20H31N3O4. The lowest BCUT2D eigenvalue weighted by Gasteiger charge is -2.20. The molecule has 0 radical (unpaired) electrons. The number of carbonyl (C=O) groups excluding carboxylic acids is 4. The normalized spacial score (nSPS) is 12.9. The number of benzene rings is 1. The van der Waals surface area contributed by atoms with Gasteiger partial charge in [0.1, 0.15) is 6.29 Å². The smallest absolute Gasteiger partial charge is 0.264 e. The fourth-order valence-corrected chi connectivity index (χ4v) is 2.29. The number of hydrogen-bond acceptors (Lipinski definition) is 5. The molecule has 3 N–H and O–H groups in total. The zero-order chi connectivity index (χ0) is 21.0. The molecule has 27 heavy (non-hydrogen) atoms. The summed E-state index contributed by atoms with van der Waals surface area (Å²) >= 11 is 0. The summed E-state index contributed by atoms with van der Waals surface area (Å²) in [5.74, 6) is -1.42. The van der Waals surface area contributed by atoms with Crippen molar-refractivity contribution in [1.29, 1.82) is 0 Å². The van der Waals surface area contributed by atoms with Crippen molar-refractivity contribution in [2.75, 3.05) is 12.8 Å². The number of aldehydes is 1. The highest BCUT2D eigenvalue weighted by molar-refractivity contribution is 6.24. The second-order valence-corrected chi connectivity index (χ2v) is 5.67. The van der Waals surface area contributed by atoms with E-state index in [0.717, 1.165) is 4.90 Å². The first-order valence-corrected chi connectivity index (χ1v) is 9.35. The number of anilines is 1. The third kappa shape index (κ3) is 6.20. The van der Waals surface area contributed by atoms with E-state index >= 15 is 0 Å². The van der Waals surface area contributed by atoms with Crippen LogP contribution >= 0.6 is 0 Å². The molecule has 1 unspecified atom stereocenters. The van der Waals surface area contributed by atoms with E-state index in [-0.39, 0.29) is 35.6 Å². The average molecular weight is 377 g/mol. The zero-order valence-electron chi connectivity index (χ0n) is 16.9. The van der Waals surface area contributed by atoms with E-state index in [9.17, 15) is 19.2 Å². The summed E-state index contributed by atoms with van der Waals surface area (Å²) in [5.41, 5.74) is 6.22. The molecule has 0 saturated carbocycles. The summed E-state index contributed by atoms with van der Waals surface area (Å²) in [4.78, 5) is 47.9. The molecule has 2 rings (SSSR count). The van der Waals surface area contributed by atoms with Gasteiger partial charge in [0.25, 0.3) is 11.8 Å². The van der Waals surface area contributed by atoms with Gasteiger partial charge in [-0.25, -0.2) is 0 Å². The van der Waals surface area contributed by atoms with E-state index in [1.807, 2.05) is 13.8 Å². The highest BCUT2D eigenvalue weighted by Gasteiger charge is 2.41. The van der Waals surface area contributed by atoms with Gasteiger partial charge in [-0.1, -0.05) is 46.6 Å². The molecule has 0 bridgehead atoms. The van der Waals surface area contributed by atoms with Gasteiger partial charge in [-0.05, 0) is 18.6 Å². The van der Waals surface area contributed by atoms with Gasteiger partial charge in [-0.15, -0.1) is 0 Å². The van der Waals surface area contributed by atoms with Crippen LogP contribution in [0, 0.1) is 0 Å². The summed E-state index contributed by atoms with van der Waals surface area (Å²) in [5, 5.41) is 2.42. The van der Waals surface area contributed by atoms with Crippen LogP contribution < -0.4 is 11.1 Å². The Morgan fingerprint density at radius 1 is 1.19 bits per heavy atom. The molecule has 1 heterocycles. The number of nitrogens with zero attached hydrogens (tertiary/aromatic N) is 1. The maximum absolute atomic E-state index is 12.3. The Kier molecular flexibility index (Phi) is 11.4. The van der Waals surface area contributed by atoms with Crippen LogP contribution in [0.25, 0.3) is 0 Å². The van der Waals surface area contributed by atoms with Crippen LogP contribution in [0.3, 0.4) is 0 Å². The number of nitrogens with two attached hydrogens (primary N) is 1. The molecule has 1 aromatic rings. The van der Waals surface area contributed by atoms with Crippen LogP contribution in [0.5, 0.6) is 0 Å². The van der Waals surface area contributed by atoms with Gasteiger partial charge in [-0.2, -0.15) is 0 Å². The second kappa shape index (κ2) is 12.6. The highest BCUT2D eigenvalue weighted by Crippen LogP contribution is 2.29. The first-order valence-electron chi connectivity index (χ1n) is 9.35. The molecule has 1 aliphatic rings. The molecule has 150 valence electrons. The fourth-order valence-electron chi connectivity index (χ4n) is 2.29. The number of carbonyl (C=O) groups is 4. The lowest BCUT2D eigenvalue weighted by molar-refractivity contribution is -0.121. The van der Waals surface area contributed by atoms with Crippen molar-refractivity contribution < 1.29 is 19.2 Å². The monoisotopic (exact) mass is 377 g/mol. The first-order chi connectivity index (χ1) is 12.9. The van der Waals surface area contributed by atoms with Crippen LogP contribution in [0.2, 0.25) is 0 Å². The quantitative estimate of drug-likeness (QED) is 0.450. The summed E-state index contributed by atoms with van der Waals surface area (Å²) < 4.78 is 0. The summed E-state index contributed by atoms with van der Waals surface area (Å²) in [7, 11) is 1.47. The molecule has 0 saturated heterocycles. The Hall–Kier alpha value is -2.70. The predicted octanol–water partition coefficient (Wildman–Crippen LogP) is 2.79. The van der Waals surface area contributed by atoms with E-state index in [2.05, 4.69) is 19.2 Å². The molecule has 0 aliphatic carbocycles. The lowest BCUT2D eigenvalue weighted by atomic mass is 10.1. The van der Waals surface area contributed by atoms with Crippen molar-refractivity contribution in [2.24, 2.45) is 0 Å². The molecule has 3 amide bonds. The van der Waals surface area contributed by atoms with E-state index < -0.39 is 17.9 Å².